The van der Waals surface area contributed by atoms with Gasteiger partial charge in [-0.2, -0.15) is 0 Å². The molecule has 1 N–H and O–H groups in total. The SMILES string of the molecule is CCC(CC)N1C[C@H](O)CC12CCN(C1CCCCC1)C2=O. The van der Waals surface area contributed by atoms with Crippen LogP contribution in [0.15, 0.2) is 0 Å². The minimum atomic E-state index is -0.395. The summed E-state index contributed by atoms with van der Waals surface area (Å²) in [5, 5.41) is 10.3. The second-order valence-corrected chi connectivity index (χ2v) is 7.55. The molecule has 3 aliphatic rings. The third kappa shape index (κ3) is 2.58. The minimum absolute atomic E-state index is 0.322. The Kier molecular flexibility index (Phi) is 4.79. The lowest BCUT2D eigenvalue weighted by Gasteiger charge is -2.39. The molecule has 126 valence electrons. The molecule has 0 radical (unpaired) electrons. The Morgan fingerprint density at radius 3 is 2.55 bits per heavy atom. The number of amides is 1. The monoisotopic (exact) mass is 308 g/mol. The zero-order valence-electron chi connectivity index (χ0n) is 14.3. The fourth-order valence-electron chi connectivity index (χ4n) is 5.18. The van der Waals surface area contributed by atoms with E-state index in [-0.39, 0.29) is 6.10 Å². The summed E-state index contributed by atoms with van der Waals surface area (Å²) >= 11 is 0. The van der Waals surface area contributed by atoms with Crippen LogP contribution in [-0.2, 0) is 4.79 Å². The summed E-state index contributed by atoms with van der Waals surface area (Å²) in [6, 6.07) is 0.884. The van der Waals surface area contributed by atoms with Gasteiger partial charge in [-0.3, -0.25) is 9.69 Å². The van der Waals surface area contributed by atoms with Crippen molar-refractivity contribution in [2.75, 3.05) is 13.1 Å². The van der Waals surface area contributed by atoms with Crippen molar-refractivity contribution in [3.05, 3.63) is 0 Å². The molecule has 3 fully saturated rings. The van der Waals surface area contributed by atoms with Crippen LogP contribution in [0.2, 0.25) is 0 Å². The maximum atomic E-state index is 13.3. The van der Waals surface area contributed by atoms with Crippen LogP contribution in [0.25, 0.3) is 0 Å². The van der Waals surface area contributed by atoms with Crippen LogP contribution < -0.4 is 0 Å². The summed E-state index contributed by atoms with van der Waals surface area (Å²) < 4.78 is 0. The van der Waals surface area contributed by atoms with E-state index in [2.05, 4.69) is 23.6 Å². The first-order valence-corrected chi connectivity index (χ1v) is 9.38. The molecule has 2 heterocycles. The first-order chi connectivity index (χ1) is 10.6. The molecule has 1 saturated carbocycles. The molecule has 1 unspecified atom stereocenters. The van der Waals surface area contributed by atoms with Crippen molar-refractivity contribution >= 4 is 5.91 Å². The van der Waals surface area contributed by atoms with Gasteiger partial charge in [0, 0.05) is 31.6 Å². The number of hydrogen-bond donors (Lipinski definition) is 1. The van der Waals surface area contributed by atoms with Crippen LogP contribution in [-0.4, -0.2) is 57.6 Å². The van der Waals surface area contributed by atoms with Crippen molar-refractivity contribution in [1.82, 2.24) is 9.80 Å². The number of rotatable bonds is 4. The Morgan fingerprint density at radius 2 is 1.91 bits per heavy atom. The standard InChI is InChI=1S/C18H32N2O2/c1-3-14(4-2)20-13-16(21)12-18(20)10-11-19(17(18)22)15-8-6-5-7-9-15/h14-16,21H,3-13H2,1-2H3/t16-,18?/m1/s1. The number of aliphatic hydroxyl groups is 1. The highest BCUT2D eigenvalue weighted by Crippen LogP contribution is 2.43. The second kappa shape index (κ2) is 6.48. The number of carbonyl (C=O) groups is 1. The lowest BCUT2D eigenvalue weighted by Crippen LogP contribution is -2.55. The van der Waals surface area contributed by atoms with Crippen molar-refractivity contribution in [2.45, 2.75) is 95.4 Å². The predicted molar refractivity (Wildman–Crippen MR) is 87.6 cm³/mol. The van der Waals surface area contributed by atoms with Gasteiger partial charge in [-0.1, -0.05) is 33.1 Å². The van der Waals surface area contributed by atoms with E-state index in [0.717, 1.165) is 25.8 Å². The number of likely N-dealkylation sites (tertiary alicyclic amines) is 2. The van der Waals surface area contributed by atoms with E-state index in [1.165, 1.54) is 32.1 Å². The summed E-state index contributed by atoms with van der Waals surface area (Å²) in [6.45, 7) is 5.97. The highest BCUT2D eigenvalue weighted by atomic mass is 16.3. The van der Waals surface area contributed by atoms with Gasteiger partial charge >= 0.3 is 0 Å². The maximum absolute atomic E-state index is 13.3. The van der Waals surface area contributed by atoms with Gasteiger partial charge in [0.2, 0.25) is 5.91 Å². The van der Waals surface area contributed by atoms with Crippen LogP contribution in [0.3, 0.4) is 0 Å². The van der Waals surface area contributed by atoms with Crippen molar-refractivity contribution in [3.63, 3.8) is 0 Å². The number of nitrogens with zero attached hydrogens (tertiary/aromatic N) is 2. The van der Waals surface area contributed by atoms with E-state index in [1.807, 2.05) is 0 Å². The molecule has 1 spiro atoms. The molecule has 4 heteroatoms. The number of β-amino-alcohol motifs (C(OH)–C–C–N with tert-alkyl or cyclic N) is 1. The highest BCUT2D eigenvalue weighted by Gasteiger charge is 2.57. The largest absolute Gasteiger partial charge is 0.392 e. The molecule has 1 aliphatic carbocycles. The maximum Gasteiger partial charge on any atom is 0.243 e. The minimum Gasteiger partial charge on any atom is -0.392 e. The summed E-state index contributed by atoms with van der Waals surface area (Å²) in [6.07, 6.45) is 9.54. The highest BCUT2D eigenvalue weighted by molar-refractivity contribution is 5.89. The number of carbonyl (C=O) groups excluding carboxylic acids is 1. The molecule has 1 amide bonds. The fraction of sp³-hybridized carbons (Fsp3) is 0.944. The van der Waals surface area contributed by atoms with E-state index in [9.17, 15) is 9.90 Å². The summed E-state index contributed by atoms with van der Waals surface area (Å²) in [7, 11) is 0. The molecule has 2 atom stereocenters. The van der Waals surface area contributed by atoms with E-state index >= 15 is 0 Å². The smallest absolute Gasteiger partial charge is 0.243 e. The van der Waals surface area contributed by atoms with Gasteiger partial charge in [-0.25, -0.2) is 0 Å². The zero-order valence-corrected chi connectivity index (χ0v) is 14.3. The van der Waals surface area contributed by atoms with Crippen molar-refractivity contribution in [2.24, 2.45) is 0 Å². The van der Waals surface area contributed by atoms with Gasteiger partial charge in [-0.15, -0.1) is 0 Å². The van der Waals surface area contributed by atoms with Gasteiger partial charge in [0.1, 0.15) is 5.54 Å². The molecule has 0 aromatic heterocycles. The van der Waals surface area contributed by atoms with Gasteiger partial charge in [0.25, 0.3) is 0 Å². The van der Waals surface area contributed by atoms with Gasteiger partial charge in [0.15, 0.2) is 0 Å². The molecule has 0 bridgehead atoms. The number of aliphatic hydroxyl groups excluding tert-OH is 1. The van der Waals surface area contributed by atoms with Crippen LogP contribution in [0.4, 0.5) is 0 Å². The Labute approximate surface area is 134 Å². The number of hydrogen-bond acceptors (Lipinski definition) is 3. The first kappa shape index (κ1) is 16.3. The lowest BCUT2D eigenvalue weighted by atomic mass is 9.90. The van der Waals surface area contributed by atoms with E-state index in [4.69, 9.17) is 0 Å². The fourth-order valence-corrected chi connectivity index (χ4v) is 5.18. The van der Waals surface area contributed by atoms with Gasteiger partial charge in [0.05, 0.1) is 6.10 Å². The first-order valence-electron chi connectivity index (χ1n) is 9.38. The Morgan fingerprint density at radius 1 is 1.23 bits per heavy atom. The van der Waals surface area contributed by atoms with Crippen LogP contribution in [0.1, 0.15) is 71.6 Å². The zero-order chi connectivity index (χ0) is 15.7. The van der Waals surface area contributed by atoms with Crippen molar-refractivity contribution in [1.29, 1.82) is 0 Å². The third-order valence-electron chi connectivity index (χ3n) is 6.35. The second-order valence-electron chi connectivity index (χ2n) is 7.55. The molecule has 2 aliphatic heterocycles. The normalized spacial score (nSPS) is 34.5. The van der Waals surface area contributed by atoms with Crippen LogP contribution in [0, 0.1) is 0 Å². The summed E-state index contributed by atoms with van der Waals surface area (Å²) in [4.78, 5) is 17.8. The van der Waals surface area contributed by atoms with E-state index in [0.29, 0.717) is 31.0 Å². The predicted octanol–water partition coefficient (Wildman–Crippen LogP) is 2.55. The molecular formula is C18H32N2O2. The molecule has 4 nitrogen and oxygen atoms in total. The quantitative estimate of drug-likeness (QED) is 0.868. The average Bonchev–Trinajstić information content (AvgIpc) is 3.03. The summed E-state index contributed by atoms with van der Waals surface area (Å²) in [5.41, 5.74) is -0.395. The van der Waals surface area contributed by atoms with Crippen molar-refractivity contribution in [3.8, 4) is 0 Å². The molecule has 2 saturated heterocycles. The summed E-state index contributed by atoms with van der Waals surface area (Å²) in [5.74, 6) is 0.322. The Balaban J connectivity index is 1.80. The third-order valence-corrected chi connectivity index (χ3v) is 6.35. The molecule has 0 aromatic rings. The molecule has 3 rings (SSSR count). The molecule has 22 heavy (non-hydrogen) atoms. The molecular weight excluding hydrogens is 276 g/mol. The molecule has 0 aromatic carbocycles. The Hall–Kier alpha value is -0.610. The Bertz CT molecular complexity index is 404. The van der Waals surface area contributed by atoms with Crippen molar-refractivity contribution < 1.29 is 9.90 Å². The lowest BCUT2D eigenvalue weighted by molar-refractivity contribution is -0.140. The van der Waals surface area contributed by atoms with Gasteiger partial charge in [-0.05, 0) is 32.1 Å². The van der Waals surface area contributed by atoms with E-state index in [1.54, 1.807) is 0 Å². The van der Waals surface area contributed by atoms with Crippen LogP contribution in [0.5, 0.6) is 0 Å². The average molecular weight is 308 g/mol. The van der Waals surface area contributed by atoms with Crippen LogP contribution >= 0.6 is 0 Å². The van der Waals surface area contributed by atoms with Gasteiger partial charge < -0.3 is 10.0 Å². The van der Waals surface area contributed by atoms with E-state index < -0.39 is 5.54 Å². The topological polar surface area (TPSA) is 43.8 Å².